The standard InChI is InChI=1S/C13H16O6/c1-7-9(14)11(10(15)13(17)18-7)19-12(16)8-5-3-2-4-6-8/h2-7,9-11,13-15,17H,1H3/t7-,9-,10+,11+,13-/m0/s1. The summed E-state index contributed by atoms with van der Waals surface area (Å²) in [6, 6.07) is 8.21. The number of esters is 1. The molecule has 1 heterocycles. The maximum absolute atomic E-state index is 11.9. The monoisotopic (exact) mass is 268 g/mol. The largest absolute Gasteiger partial charge is 0.453 e. The van der Waals surface area contributed by atoms with E-state index in [2.05, 4.69) is 0 Å². The van der Waals surface area contributed by atoms with Crippen molar-refractivity contribution in [1.82, 2.24) is 0 Å². The summed E-state index contributed by atoms with van der Waals surface area (Å²) in [6.07, 6.45) is -6.16. The minimum atomic E-state index is -1.49. The third-order valence-corrected chi connectivity index (χ3v) is 3.05. The fourth-order valence-corrected chi connectivity index (χ4v) is 1.92. The first-order valence-corrected chi connectivity index (χ1v) is 5.96. The summed E-state index contributed by atoms with van der Waals surface area (Å²) in [7, 11) is 0. The van der Waals surface area contributed by atoms with Gasteiger partial charge in [-0.1, -0.05) is 18.2 Å². The van der Waals surface area contributed by atoms with Crippen molar-refractivity contribution in [3.63, 3.8) is 0 Å². The van der Waals surface area contributed by atoms with Crippen LogP contribution in [0, 0.1) is 0 Å². The van der Waals surface area contributed by atoms with Crippen LogP contribution in [-0.2, 0) is 9.47 Å². The van der Waals surface area contributed by atoms with Crippen LogP contribution in [0.25, 0.3) is 0 Å². The smallest absolute Gasteiger partial charge is 0.338 e. The van der Waals surface area contributed by atoms with Crippen LogP contribution in [0.5, 0.6) is 0 Å². The molecule has 0 aromatic heterocycles. The van der Waals surface area contributed by atoms with Gasteiger partial charge in [-0.2, -0.15) is 0 Å². The van der Waals surface area contributed by atoms with Crippen molar-refractivity contribution in [1.29, 1.82) is 0 Å². The lowest BCUT2D eigenvalue weighted by molar-refractivity contribution is -0.276. The van der Waals surface area contributed by atoms with E-state index in [9.17, 15) is 20.1 Å². The molecule has 104 valence electrons. The van der Waals surface area contributed by atoms with Crippen LogP contribution in [-0.4, -0.2) is 52.0 Å². The Morgan fingerprint density at radius 2 is 1.79 bits per heavy atom. The summed E-state index contributed by atoms with van der Waals surface area (Å²) in [5.41, 5.74) is 0.301. The van der Waals surface area contributed by atoms with E-state index in [-0.39, 0.29) is 0 Å². The molecule has 3 N–H and O–H groups in total. The molecule has 19 heavy (non-hydrogen) atoms. The van der Waals surface area contributed by atoms with E-state index in [0.29, 0.717) is 5.56 Å². The Bertz CT molecular complexity index is 420. The number of carbonyl (C=O) groups is 1. The molecule has 0 saturated carbocycles. The summed E-state index contributed by atoms with van der Waals surface area (Å²) in [5, 5.41) is 29.0. The van der Waals surface area contributed by atoms with Crippen molar-refractivity contribution in [2.45, 2.75) is 37.6 Å². The molecule has 2 rings (SSSR count). The van der Waals surface area contributed by atoms with Gasteiger partial charge >= 0.3 is 5.97 Å². The summed E-state index contributed by atoms with van der Waals surface area (Å²) in [6.45, 7) is 1.52. The van der Waals surface area contributed by atoms with Gasteiger partial charge in [0.15, 0.2) is 12.4 Å². The van der Waals surface area contributed by atoms with Crippen LogP contribution < -0.4 is 0 Å². The van der Waals surface area contributed by atoms with Gasteiger partial charge in [-0.05, 0) is 19.1 Å². The van der Waals surface area contributed by atoms with Gasteiger partial charge in [-0.15, -0.1) is 0 Å². The highest BCUT2D eigenvalue weighted by Crippen LogP contribution is 2.23. The first-order valence-electron chi connectivity index (χ1n) is 5.96. The molecule has 0 spiro atoms. The van der Waals surface area contributed by atoms with Crippen LogP contribution >= 0.6 is 0 Å². The first kappa shape index (κ1) is 14.0. The summed E-state index contributed by atoms with van der Waals surface area (Å²) in [5.74, 6) is -0.676. The molecule has 0 radical (unpaired) electrons. The number of carbonyl (C=O) groups excluding carboxylic acids is 1. The number of ether oxygens (including phenoxy) is 2. The molecule has 0 unspecified atom stereocenters. The van der Waals surface area contributed by atoms with Crippen molar-refractivity contribution in [2.75, 3.05) is 0 Å². The lowest BCUT2D eigenvalue weighted by Crippen LogP contribution is -2.58. The van der Waals surface area contributed by atoms with Gasteiger partial charge in [0.2, 0.25) is 0 Å². The van der Waals surface area contributed by atoms with E-state index >= 15 is 0 Å². The van der Waals surface area contributed by atoms with E-state index in [0.717, 1.165) is 0 Å². The average Bonchev–Trinajstić information content (AvgIpc) is 2.42. The van der Waals surface area contributed by atoms with Crippen molar-refractivity contribution in [3.8, 4) is 0 Å². The highest BCUT2D eigenvalue weighted by Gasteiger charge is 2.44. The number of rotatable bonds is 2. The number of aliphatic hydroxyl groups excluding tert-OH is 3. The molecule has 1 aliphatic rings. The second kappa shape index (κ2) is 5.66. The average molecular weight is 268 g/mol. The van der Waals surface area contributed by atoms with E-state index in [4.69, 9.17) is 9.47 Å². The Balaban J connectivity index is 2.10. The van der Waals surface area contributed by atoms with Crippen LogP contribution in [0.1, 0.15) is 17.3 Å². The number of benzene rings is 1. The zero-order chi connectivity index (χ0) is 14.0. The Labute approximate surface area is 110 Å². The second-order valence-electron chi connectivity index (χ2n) is 4.45. The van der Waals surface area contributed by atoms with Crippen molar-refractivity contribution in [3.05, 3.63) is 35.9 Å². The predicted octanol–water partition coefficient (Wildman–Crippen LogP) is -0.329. The Morgan fingerprint density at radius 3 is 2.42 bits per heavy atom. The molecule has 0 amide bonds. The molecule has 0 bridgehead atoms. The first-order chi connectivity index (χ1) is 9.00. The SMILES string of the molecule is C[C@@H]1O[C@H](O)[C@H](O)[C@H](OC(=O)c2ccccc2)[C@H]1O. The lowest BCUT2D eigenvalue weighted by Gasteiger charge is -2.38. The van der Waals surface area contributed by atoms with Gasteiger partial charge in [0.1, 0.15) is 12.2 Å². The van der Waals surface area contributed by atoms with Crippen molar-refractivity contribution >= 4 is 5.97 Å². The molecular weight excluding hydrogens is 252 g/mol. The highest BCUT2D eigenvalue weighted by molar-refractivity contribution is 5.89. The quantitative estimate of drug-likeness (QED) is 0.636. The van der Waals surface area contributed by atoms with Gasteiger partial charge < -0.3 is 24.8 Å². The van der Waals surface area contributed by atoms with Crippen molar-refractivity contribution < 1.29 is 29.6 Å². The Kier molecular flexibility index (Phi) is 4.16. The molecule has 0 aliphatic carbocycles. The second-order valence-corrected chi connectivity index (χ2v) is 4.45. The molecule has 6 nitrogen and oxygen atoms in total. The van der Waals surface area contributed by atoms with Crippen LogP contribution in [0.15, 0.2) is 30.3 Å². The minimum absolute atomic E-state index is 0.301. The van der Waals surface area contributed by atoms with Crippen molar-refractivity contribution in [2.24, 2.45) is 0 Å². The van der Waals surface area contributed by atoms with Crippen LogP contribution in [0.3, 0.4) is 0 Å². The third-order valence-electron chi connectivity index (χ3n) is 3.05. The van der Waals surface area contributed by atoms with E-state index in [1.807, 2.05) is 0 Å². The van der Waals surface area contributed by atoms with Gasteiger partial charge in [0.05, 0.1) is 11.7 Å². The topological polar surface area (TPSA) is 96.2 Å². The Hall–Kier alpha value is -1.47. The summed E-state index contributed by atoms with van der Waals surface area (Å²) in [4.78, 5) is 11.9. The highest BCUT2D eigenvalue weighted by atomic mass is 16.6. The Morgan fingerprint density at radius 1 is 1.16 bits per heavy atom. The van der Waals surface area contributed by atoms with Gasteiger partial charge in [0, 0.05) is 0 Å². The van der Waals surface area contributed by atoms with E-state index in [1.165, 1.54) is 6.92 Å². The molecule has 1 aromatic rings. The number of hydrogen-bond acceptors (Lipinski definition) is 6. The van der Waals surface area contributed by atoms with Gasteiger partial charge in [0.25, 0.3) is 0 Å². The van der Waals surface area contributed by atoms with Crippen LogP contribution in [0.2, 0.25) is 0 Å². The fraction of sp³-hybridized carbons (Fsp3) is 0.462. The minimum Gasteiger partial charge on any atom is -0.453 e. The zero-order valence-corrected chi connectivity index (χ0v) is 10.3. The maximum atomic E-state index is 11.9. The normalized spacial score (nSPS) is 34.8. The third kappa shape index (κ3) is 2.93. The molecule has 1 aliphatic heterocycles. The fourth-order valence-electron chi connectivity index (χ4n) is 1.92. The molecule has 1 fully saturated rings. The van der Waals surface area contributed by atoms with Gasteiger partial charge in [-0.25, -0.2) is 4.79 Å². The van der Waals surface area contributed by atoms with Gasteiger partial charge in [-0.3, -0.25) is 0 Å². The maximum Gasteiger partial charge on any atom is 0.338 e. The number of aliphatic hydroxyl groups is 3. The molecule has 6 heteroatoms. The lowest BCUT2D eigenvalue weighted by atomic mass is 9.99. The predicted molar refractivity (Wildman–Crippen MR) is 64.2 cm³/mol. The summed E-state index contributed by atoms with van der Waals surface area (Å²) < 4.78 is 9.96. The number of hydrogen-bond donors (Lipinski definition) is 3. The molecule has 5 atom stereocenters. The van der Waals surface area contributed by atoms with Crippen LogP contribution in [0.4, 0.5) is 0 Å². The molecule has 1 aromatic carbocycles. The molecule has 1 saturated heterocycles. The summed E-state index contributed by atoms with van der Waals surface area (Å²) >= 11 is 0. The zero-order valence-electron chi connectivity index (χ0n) is 10.3. The molecular formula is C13H16O6. The van der Waals surface area contributed by atoms with E-state index in [1.54, 1.807) is 30.3 Å². The van der Waals surface area contributed by atoms with E-state index < -0.39 is 36.7 Å².